The molecular formula is C16H22ClNO3. The summed E-state index contributed by atoms with van der Waals surface area (Å²) < 4.78 is 10.5. The smallest absolute Gasteiger partial charge is 0.310 e. The minimum Gasteiger partial charge on any atom is -0.496 e. The quantitative estimate of drug-likeness (QED) is 0.783. The van der Waals surface area contributed by atoms with Crippen molar-refractivity contribution >= 4 is 17.6 Å². The van der Waals surface area contributed by atoms with Crippen molar-refractivity contribution in [2.45, 2.75) is 26.3 Å². The van der Waals surface area contributed by atoms with Crippen molar-refractivity contribution < 1.29 is 14.3 Å². The van der Waals surface area contributed by atoms with Crippen LogP contribution in [0.5, 0.6) is 5.75 Å². The second-order valence-corrected chi connectivity index (χ2v) is 5.72. The zero-order valence-corrected chi connectivity index (χ0v) is 13.4. The van der Waals surface area contributed by atoms with Gasteiger partial charge >= 0.3 is 5.97 Å². The lowest BCUT2D eigenvalue weighted by molar-refractivity contribution is -0.150. The van der Waals surface area contributed by atoms with Crippen LogP contribution in [0.3, 0.4) is 0 Å². The number of methoxy groups -OCH3 is 1. The fraction of sp³-hybridized carbons (Fsp3) is 0.562. The Hall–Kier alpha value is -1.26. The highest BCUT2D eigenvalue weighted by atomic mass is 35.5. The maximum absolute atomic E-state index is 11.9. The van der Waals surface area contributed by atoms with Crippen molar-refractivity contribution in [1.29, 1.82) is 0 Å². The molecule has 0 N–H and O–H groups in total. The molecule has 1 heterocycles. The van der Waals surface area contributed by atoms with Gasteiger partial charge in [-0.15, -0.1) is 0 Å². The summed E-state index contributed by atoms with van der Waals surface area (Å²) in [7, 11) is 1.66. The van der Waals surface area contributed by atoms with E-state index in [4.69, 9.17) is 21.1 Å². The van der Waals surface area contributed by atoms with Crippen LogP contribution in [0.15, 0.2) is 18.2 Å². The molecule has 1 saturated heterocycles. The molecule has 1 aromatic rings. The van der Waals surface area contributed by atoms with E-state index in [0.717, 1.165) is 43.8 Å². The third-order valence-electron chi connectivity index (χ3n) is 3.76. The van der Waals surface area contributed by atoms with Crippen molar-refractivity contribution in [3.8, 4) is 5.75 Å². The Morgan fingerprint density at radius 2 is 2.29 bits per heavy atom. The molecule has 2 rings (SSSR count). The van der Waals surface area contributed by atoms with E-state index in [2.05, 4.69) is 4.90 Å². The van der Waals surface area contributed by atoms with Crippen LogP contribution in [0.1, 0.15) is 25.3 Å². The third kappa shape index (κ3) is 4.35. The first kappa shape index (κ1) is 16.1. The van der Waals surface area contributed by atoms with Gasteiger partial charge in [0, 0.05) is 23.7 Å². The zero-order chi connectivity index (χ0) is 15.2. The van der Waals surface area contributed by atoms with E-state index >= 15 is 0 Å². The minimum absolute atomic E-state index is 0.0242. The molecule has 0 aliphatic carbocycles. The van der Waals surface area contributed by atoms with Gasteiger partial charge in [0.25, 0.3) is 0 Å². The van der Waals surface area contributed by atoms with Crippen LogP contribution in [-0.2, 0) is 16.1 Å². The van der Waals surface area contributed by atoms with Crippen LogP contribution in [0.2, 0.25) is 5.02 Å². The average molecular weight is 312 g/mol. The number of halogens is 1. The van der Waals surface area contributed by atoms with Crippen molar-refractivity contribution in [3.05, 3.63) is 28.8 Å². The molecule has 0 aromatic heterocycles. The lowest BCUT2D eigenvalue weighted by Crippen LogP contribution is -2.39. The largest absolute Gasteiger partial charge is 0.496 e. The molecule has 21 heavy (non-hydrogen) atoms. The van der Waals surface area contributed by atoms with Crippen molar-refractivity contribution in [2.75, 3.05) is 26.8 Å². The summed E-state index contributed by atoms with van der Waals surface area (Å²) in [5.41, 5.74) is 1.05. The van der Waals surface area contributed by atoms with Crippen molar-refractivity contribution in [3.63, 3.8) is 0 Å². The molecule has 0 radical (unpaired) electrons. The fourth-order valence-electron chi connectivity index (χ4n) is 2.76. The van der Waals surface area contributed by atoms with E-state index in [9.17, 15) is 4.79 Å². The van der Waals surface area contributed by atoms with Crippen LogP contribution >= 0.6 is 11.6 Å². The van der Waals surface area contributed by atoms with E-state index < -0.39 is 0 Å². The second kappa shape index (κ2) is 7.66. The van der Waals surface area contributed by atoms with E-state index in [-0.39, 0.29) is 11.9 Å². The predicted molar refractivity (Wildman–Crippen MR) is 82.6 cm³/mol. The first-order valence-electron chi connectivity index (χ1n) is 7.35. The molecule has 5 heteroatoms. The third-order valence-corrected chi connectivity index (χ3v) is 4.00. The summed E-state index contributed by atoms with van der Waals surface area (Å²) in [5, 5.41) is 0.699. The molecule has 1 aromatic carbocycles. The van der Waals surface area contributed by atoms with Crippen LogP contribution in [0.4, 0.5) is 0 Å². The van der Waals surface area contributed by atoms with Gasteiger partial charge in [0.05, 0.1) is 19.6 Å². The Morgan fingerprint density at radius 1 is 1.48 bits per heavy atom. The lowest BCUT2D eigenvalue weighted by atomic mass is 9.97. The Bertz CT molecular complexity index is 492. The maximum Gasteiger partial charge on any atom is 0.310 e. The number of carbonyl (C=O) groups excluding carboxylic acids is 1. The molecule has 0 saturated carbocycles. The van der Waals surface area contributed by atoms with Gasteiger partial charge in [-0.1, -0.05) is 11.6 Å². The van der Waals surface area contributed by atoms with E-state index in [1.54, 1.807) is 7.11 Å². The molecule has 1 atom stereocenters. The van der Waals surface area contributed by atoms with Gasteiger partial charge < -0.3 is 9.47 Å². The van der Waals surface area contributed by atoms with Gasteiger partial charge in [0.15, 0.2) is 0 Å². The maximum atomic E-state index is 11.9. The van der Waals surface area contributed by atoms with E-state index in [1.807, 2.05) is 25.1 Å². The van der Waals surface area contributed by atoms with Gasteiger partial charge in [0.2, 0.25) is 0 Å². The van der Waals surface area contributed by atoms with Gasteiger partial charge in [-0.05, 0) is 44.5 Å². The molecule has 4 nitrogen and oxygen atoms in total. The van der Waals surface area contributed by atoms with Gasteiger partial charge in [-0.25, -0.2) is 0 Å². The highest BCUT2D eigenvalue weighted by Crippen LogP contribution is 2.26. The van der Waals surface area contributed by atoms with Gasteiger partial charge in [0.1, 0.15) is 5.75 Å². The van der Waals surface area contributed by atoms with Crippen LogP contribution < -0.4 is 4.74 Å². The number of likely N-dealkylation sites (tertiary alicyclic amines) is 1. The molecule has 0 spiro atoms. The second-order valence-electron chi connectivity index (χ2n) is 5.28. The zero-order valence-electron chi connectivity index (χ0n) is 12.6. The van der Waals surface area contributed by atoms with Crippen LogP contribution in [0.25, 0.3) is 0 Å². The summed E-state index contributed by atoms with van der Waals surface area (Å²) in [6, 6.07) is 5.63. The predicted octanol–water partition coefficient (Wildman–Crippen LogP) is 3.12. The first-order chi connectivity index (χ1) is 10.1. The molecule has 1 fully saturated rings. The summed E-state index contributed by atoms with van der Waals surface area (Å²) in [4.78, 5) is 14.1. The number of piperidine rings is 1. The summed E-state index contributed by atoms with van der Waals surface area (Å²) >= 11 is 6.06. The molecule has 0 bridgehead atoms. The SMILES string of the molecule is CCOC(=O)[C@H]1CCCN(Cc2cc(Cl)ccc2OC)C1. The summed E-state index contributed by atoms with van der Waals surface area (Å²) in [6.07, 6.45) is 1.91. The molecule has 116 valence electrons. The molecular weight excluding hydrogens is 290 g/mol. The van der Waals surface area contributed by atoms with Crippen molar-refractivity contribution in [2.24, 2.45) is 5.92 Å². The van der Waals surface area contributed by atoms with Crippen LogP contribution in [-0.4, -0.2) is 37.7 Å². The molecule has 0 unspecified atom stereocenters. The van der Waals surface area contributed by atoms with Gasteiger partial charge in [-0.2, -0.15) is 0 Å². The minimum atomic E-state index is -0.0831. The number of esters is 1. The Morgan fingerprint density at radius 3 is 3.00 bits per heavy atom. The first-order valence-corrected chi connectivity index (χ1v) is 7.73. The lowest BCUT2D eigenvalue weighted by Gasteiger charge is -2.31. The summed E-state index contributed by atoms with van der Waals surface area (Å²) in [6.45, 7) is 4.73. The Labute approximate surface area is 131 Å². The standard InChI is InChI=1S/C16H22ClNO3/c1-3-21-16(19)12-5-4-8-18(10-12)11-13-9-14(17)6-7-15(13)20-2/h6-7,9,12H,3-5,8,10-11H2,1-2H3/t12-/m0/s1. The molecule has 1 aliphatic rings. The number of rotatable bonds is 5. The number of benzene rings is 1. The number of ether oxygens (including phenoxy) is 2. The van der Waals surface area contributed by atoms with Crippen molar-refractivity contribution in [1.82, 2.24) is 4.90 Å². The van der Waals surface area contributed by atoms with Crippen LogP contribution in [0, 0.1) is 5.92 Å². The highest BCUT2D eigenvalue weighted by Gasteiger charge is 2.27. The topological polar surface area (TPSA) is 38.8 Å². The number of nitrogens with zero attached hydrogens (tertiary/aromatic N) is 1. The number of hydrogen-bond acceptors (Lipinski definition) is 4. The fourth-order valence-corrected chi connectivity index (χ4v) is 2.96. The van der Waals surface area contributed by atoms with Gasteiger partial charge in [-0.3, -0.25) is 9.69 Å². The highest BCUT2D eigenvalue weighted by molar-refractivity contribution is 6.30. The Kier molecular flexibility index (Phi) is 5.88. The molecule has 1 aliphatic heterocycles. The number of hydrogen-bond donors (Lipinski definition) is 0. The molecule has 0 amide bonds. The Balaban J connectivity index is 2.02. The van der Waals surface area contributed by atoms with E-state index in [0.29, 0.717) is 11.6 Å². The monoisotopic (exact) mass is 311 g/mol. The normalized spacial score (nSPS) is 19.3. The summed E-state index contributed by atoms with van der Waals surface area (Å²) in [5.74, 6) is 0.724. The average Bonchev–Trinajstić information content (AvgIpc) is 2.48. The number of carbonyl (C=O) groups is 1. The van der Waals surface area contributed by atoms with E-state index in [1.165, 1.54) is 0 Å².